The van der Waals surface area contributed by atoms with Gasteiger partial charge in [-0.3, -0.25) is 4.79 Å². The highest BCUT2D eigenvalue weighted by Crippen LogP contribution is 2.34. The number of carboxylic acid groups (broad SMARTS) is 1. The molecule has 1 aromatic carbocycles. The van der Waals surface area contributed by atoms with E-state index in [1.165, 1.54) is 24.8 Å². The van der Waals surface area contributed by atoms with Gasteiger partial charge in [-0.15, -0.1) is 0 Å². The summed E-state index contributed by atoms with van der Waals surface area (Å²) in [5.41, 5.74) is -1.07. The molecule has 0 amide bonds. The van der Waals surface area contributed by atoms with Crippen molar-refractivity contribution in [1.29, 1.82) is 0 Å². The first-order valence-electron chi connectivity index (χ1n) is 5.08. The Bertz CT molecular complexity index is 456. The average molecular weight is 243 g/mol. The van der Waals surface area contributed by atoms with Crippen LogP contribution in [0.25, 0.3) is 0 Å². The van der Waals surface area contributed by atoms with E-state index in [2.05, 4.69) is 0 Å². The molecule has 0 atom stereocenters. The zero-order valence-corrected chi connectivity index (χ0v) is 10.2. The van der Waals surface area contributed by atoms with Gasteiger partial charge in [-0.05, 0) is 25.5 Å². The smallest absolute Gasteiger partial charge is 0.313 e. The molecule has 5 heteroatoms. The standard InChI is InChI=1S/C12H15F2NO2/c1-12(2,11(16)17)7-5-6-8(13)9(14)10(7)15(3)4/h5-6H,1-4H3,(H,16,17). The number of carbonyl (C=O) groups is 1. The van der Waals surface area contributed by atoms with Crippen molar-refractivity contribution in [1.82, 2.24) is 0 Å². The maximum absolute atomic E-state index is 13.7. The molecular weight excluding hydrogens is 228 g/mol. The minimum Gasteiger partial charge on any atom is -0.481 e. The van der Waals surface area contributed by atoms with Gasteiger partial charge in [0.1, 0.15) is 0 Å². The summed E-state index contributed by atoms with van der Waals surface area (Å²) >= 11 is 0. The van der Waals surface area contributed by atoms with Gasteiger partial charge in [0.15, 0.2) is 11.6 Å². The lowest BCUT2D eigenvalue weighted by Gasteiger charge is -2.27. The summed E-state index contributed by atoms with van der Waals surface area (Å²) in [5, 5.41) is 9.13. The van der Waals surface area contributed by atoms with E-state index >= 15 is 0 Å². The largest absolute Gasteiger partial charge is 0.481 e. The molecule has 1 rings (SSSR count). The van der Waals surface area contributed by atoms with E-state index in [9.17, 15) is 13.6 Å². The molecule has 94 valence electrons. The van der Waals surface area contributed by atoms with Gasteiger partial charge in [0.2, 0.25) is 0 Å². The number of aliphatic carboxylic acids is 1. The van der Waals surface area contributed by atoms with E-state index in [1.807, 2.05) is 0 Å². The summed E-state index contributed by atoms with van der Waals surface area (Å²) in [6.45, 7) is 2.91. The third-order valence-corrected chi connectivity index (χ3v) is 2.72. The number of carboxylic acids is 1. The molecule has 0 bridgehead atoms. The summed E-state index contributed by atoms with van der Waals surface area (Å²) in [5.74, 6) is -3.10. The summed E-state index contributed by atoms with van der Waals surface area (Å²) in [6.07, 6.45) is 0. The van der Waals surface area contributed by atoms with Gasteiger partial charge < -0.3 is 10.0 Å². The summed E-state index contributed by atoms with van der Waals surface area (Å²) in [7, 11) is 3.08. The van der Waals surface area contributed by atoms with Crippen LogP contribution in [0.5, 0.6) is 0 Å². The average Bonchev–Trinajstić information content (AvgIpc) is 2.20. The van der Waals surface area contributed by atoms with Crippen LogP contribution >= 0.6 is 0 Å². The highest BCUT2D eigenvalue weighted by Gasteiger charge is 2.34. The highest BCUT2D eigenvalue weighted by atomic mass is 19.2. The molecule has 0 saturated heterocycles. The fourth-order valence-corrected chi connectivity index (χ4v) is 1.60. The number of benzene rings is 1. The molecule has 17 heavy (non-hydrogen) atoms. The van der Waals surface area contributed by atoms with Crippen molar-refractivity contribution in [2.24, 2.45) is 0 Å². The second-order valence-corrected chi connectivity index (χ2v) is 4.58. The van der Waals surface area contributed by atoms with Crippen LogP contribution in [0.15, 0.2) is 12.1 Å². The lowest BCUT2D eigenvalue weighted by Crippen LogP contribution is -2.31. The molecule has 0 fully saturated rings. The lowest BCUT2D eigenvalue weighted by atomic mass is 9.83. The zero-order valence-electron chi connectivity index (χ0n) is 10.2. The van der Waals surface area contributed by atoms with Crippen LogP contribution < -0.4 is 4.90 Å². The van der Waals surface area contributed by atoms with Crippen molar-refractivity contribution in [3.63, 3.8) is 0 Å². The molecule has 0 aromatic heterocycles. The number of rotatable bonds is 3. The molecule has 3 nitrogen and oxygen atoms in total. The van der Waals surface area contributed by atoms with E-state index in [0.29, 0.717) is 0 Å². The summed E-state index contributed by atoms with van der Waals surface area (Å²) < 4.78 is 26.9. The number of anilines is 1. The van der Waals surface area contributed by atoms with E-state index in [4.69, 9.17) is 5.11 Å². The Labute approximate surface area is 98.7 Å². The van der Waals surface area contributed by atoms with Gasteiger partial charge in [0, 0.05) is 14.1 Å². The molecule has 0 saturated carbocycles. The van der Waals surface area contributed by atoms with Gasteiger partial charge in [-0.25, -0.2) is 8.78 Å². The Kier molecular flexibility index (Phi) is 3.40. The Morgan fingerprint density at radius 1 is 1.29 bits per heavy atom. The monoisotopic (exact) mass is 243 g/mol. The third-order valence-electron chi connectivity index (χ3n) is 2.72. The molecule has 0 aliphatic heterocycles. The van der Waals surface area contributed by atoms with Crippen LogP contribution in [0.1, 0.15) is 19.4 Å². The summed E-state index contributed by atoms with van der Waals surface area (Å²) in [4.78, 5) is 12.5. The number of hydrogen-bond acceptors (Lipinski definition) is 2. The molecule has 1 aromatic rings. The zero-order chi connectivity index (χ0) is 13.4. The van der Waals surface area contributed by atoms with Crippen molar-refractivity contribution in [2.45, 2.75) is 19.3 Å². The van der Waals surface area contributed by atoms with E-state index in [-0.39, 0.29) is 11.3 Å². The summed E-state index contributed by atoms with van der Waals surface area (Å²) in [6, 6.07) is 2.25. The predicted molar refractivity (Wildman–Crippen MR) is 61.3 cm³/mol. The van der Waals surface area contributed by atoms with E-state index in [1.54, 1.807) is 14.1 Å². The van der Waals surface area contributed by atoms with Crippen LogP contribution in [0.3, 0.4) is 0 Å². The fraction of sp³-hybridized carbons (Fsp3) is 0.417. The molecule has 0 heterocycles. The van der Waals surface area contributed by atoms with Crippen molar-refractivity contribution < 1.29 is 18.7 Å². The van der Waals surface area contributed by atoms with Crippen molar-refractivity contribution >= 4 is 11.7 Å². The van der Waals surface area contributed by atoms with E-state index in [0.717, 1.165) is 6.07 Å². The van der Waals surface area contributed by atoms with Gasteiger partial charge >= 0.3 is 5.97 Å². The Morgan fingerprint density at radius 2 is 1.82 bits per heavy atom. The SMILES string of the molecule is CN(C)c1c(C(C)(C)C(=O)O)ccc(F)c1F. The second-order valence-electron chi connectivity index (χ2n) is 4.58. The number of hydrogen-bond donors (Lipinski definition) is 1. The minimum atomic E-state index is -1.28. The van der Waals surface area contributed by atoms with Gasteiger partial charge in [-0.2, -0.15) is 0 Å². The lowest BCUT2D eigenvalue weighted by molar-refractivity contribution is -0.142. The molecule has 0 radical (unpaired) electrons. The quantitative estimate of drug-likeness (QED) is 0.886. The molecule has 0 spiro atoms. The van der Waals surface area contributed by atoms with Gasteiger partial charge in [-0.1, -0.05) is 6.07 Å². The first-order chi connectivity index (χ1) is 7.69. The van der Waals surface area contributed by atoms with Crippen LogP contribution in [-0.2, 0) is 10.2 Å². The van der Waals surface area contributed by atoms with Crippen molar-refractivity contribution in [3.05, 3.63) is 29.3 Å². The number of halogens is 2. The normalized spacial score (nSPS) is 11.4. The molecule has 1 N–H and O–H groups in total. The van der Waals surface area contributed by atoms with Gasteiger partial charge in [0.05, 0.1) is 11.1 Å². The van der Waals surface area contributed by atoms with Crippen molar-refractivity contribution in [3.8, 4) is 0 Å². The fourth-order valence-electron chi connectivity index (χ4n) is 1.60. The first kappa shape index (κ1) is 13.4. The van der Waals surface area contributed by atoms with Crippen LogP contribution in [-0.4, -0.2) is 25.2 Å². The van der Waals surface area contributed by atoms with Crippen LogP contribution in [0.4, 0.5) is 14.5 Å². The molecule has 0 aliphatic rings. The second kappa shape index (κ2) is 4.31. The first-order valence-corrected chi connectivity index (χ1v) is 5.08. The minimum absolute atomic E-state index is 0.0302. The predicted octanol–water partition coefficient (Wildman–Crippen LogP) is 2.39. The molecular formula is C12H15F2NO2. The third kappa shape index (κ3) is 2.23. The topological polar surface area (TPSA) is 40.5 Å². The Morgan fingerprint density at radius 3 is 2.24 bits per heavy atom. The van der Waals surface area contributed by atoms with Gasteiger partial charge in [0.25, 0.3) is 0 Å². The van der Waals surface area contributed by atoms with Crippen LogP contribution in [0, 0.1) is 11.6 Å². The Balaban J connectivity index is 3.55. The maximum atomic E-state index is 13.7. The molecule has 0 unspecified atom stereocenters. The van der Waals surface area contributed by atoms with E-state index < -0.39 is 23.0 Å². The van der Waals surface area contributed by atoms with Crippen LogP contribution in [0.2, 0.25) is 0 Å². The number of nitrogens with zero attached hydrogens (tertiary/aromatic N) is 1. The highest BCUT2D eigenvalue weighted by molar-refractivity contribution is 5.83. The maximum Gasteiger partial charge on any atom is 0.313 e. The van der Waals surface area contributed by atoms with Crippen molar-refractivity contribution in [2.75, 3.05) is 19.0 Å². The molecule has 0 aliphatic carbocycles. The Hall–Kier alpha value is -1.65.